The summed E-state index contributed by atoms with van der Waals surface area (Å²) >= 11 is 0. The first-order valence-electron chi connectivity index (χ1n) is 3.21. The molecule has 4 nitrogen and oxygen atoms in total. The second-order valence-electron chi connectivity index (χ2n) is 2.09. The summed E-state index contributed by atoms with van der Waals surface area (Å²) in [4.78, 5) is 3.24. The zero-order valence-electron chi connectivity index (χ0n) is 6.36. The molecule has 2 N–H and O–H groups in total. The fourth-order valence-corrected chi connectivity index (χ4v) is 0.843. The Balaban J connectivity index is 3.20. The van der Waals surface area contributed by atoms with Crippen molar-refractivity contribution in [2.45, 2.75) is 0 Å². The smallest absolute Gasteiger partial charge is 0.497 e. The van der Waals surface area contributed by atoms with Crippen LogP contribution in [0.4, 0.5) is 4.39 Å². The van der Waals surface area contributed by atoms with Crippen LogP contribution in [-0.2, 0) is 0 Å². The topological polar surface area (TPSA) is 62.6 Å². The molecular weight excluding hydrogens is 164 g/mol. The average Bonchev–Trinajstić information content (AvgIpc) is 2.03. The summed E-state index contributed by atoms with van der Waals surface area (Å²) < 4.78 is 17.5. The van der Waals surface area contributed by atoms with E-state index in [1.807, 2.05) is 0 Å². The highest BCUT2D eigenvalue weighted by Gasteiger charge is 2.22. The van der Waals surface area contributed by atoms with Crippen molar-refractivity contribution in [1.29, 1.82) is 0 Å². The van der Waals surface area contributed by atoms with Gasteiger partial charge in [0.15, 0.2) is 0 Å². The third kappa shape index (κ3) is 1.54. The molecule has 1 heterocycles. The molecule has 0 aliphatic heterocycles. The standard InChI is InChI=1S/C6H7BFNO3/c1-12-4-2-3-9-6(8)5(4)7(10)11/h2-3,10-11H,1H3. The molecule has 0 fully saturated rings. The van der Waals surface area contributed by atoms with Gasteiger partial charge >= 0.3 is 7.12 Å². The maximum absolute atomic E-state index is 12.8. The molecule has 64 valence electrons. The largest absolute Gasteiger partial charge is 0.497 e. The fourth-order valence-electron chi connectivity index (χ4n) is 0.843. The summed E-state index contributed by atoms with van der Waals surface area (Å²) in [6, 6.07) is 1.35. The number of aromatic nitrogens is 1. The fraction of sp³-hybridized carbons (Fsp3) is 0.167. The first-order chi connectivity index (χ1) is 5.66. The molecule has 1 rings (SSSR count). The number of pyridine rings is 1. The van der Waals surface area contributed by atoms with Crippen molar-refractivity contribution in [3.8, 4) is 5.75 Å². The average molecular weight is 171 g/mol. The second-order valence-corrected chi connectivity index (χ2v) is 2.09. The van der Waals surface area contributed by atoms with Gasteiger partial charge < -0.3 is 14.8 Å². The molecule has 0 saturated heterocycles. The van der Waals surface area contributed by atoms with Crippen molar-refractivity contribution >= 4 is 12.6 Å². The molecule has 0 unspecified atom stereocenters. The SMILES string of the molecule is COc1ccnc(F)c1B(O)O. The van der Waals surface area contributed by atoms with Gasteiger partial charge in [-0.2, -0.15) is 4.39 Å². The van der Waals surface area contributed by atoms with Gasteiger partial charge in [-0.05, 0) is 6.07 Å². The van der Waals surface area contributed by atoms with Gasteiger partial charge in [0.1, 0.15) is 5.75 Å². The van der Waals surface area contributed by atoms with Crippen LogP contribution in [0.1, 0.15) is 0 Å². The van der Waals surface area contributed by atoms with Crippen LogP contribution in [0, 0.1) is 5.95 Å². The van der Waals surface area contributed by atoms with Crippen LogP contribution in [0.5, 0.6) is 5.75 Å². The van der Waals surface area contributed by atoms with Crippen molar-refractivity contribution < 1.29 is 19.2 Å². The molecule has 12 heavy (non-hydrogen) atoms. The Hall–Kier alpha value is -1.14. The van der Waals surface area contributed by atoms with Crippen molar-refractivity contribution in [3.63, 3.8) is 0 Å². The summed E-state index contributed by atoms with van der Waals surface area (Å²) in [6.07, 6.45) is 1.18. The summed E-state index contributed by atoms with van der Waals surface area (Å²) in [5.74, 6) is -0.873. The lowest BCUT2D eigenvalue weighted by molar-refractivity contribution is 0.396. The molecule has 0 amide bonds. The Bertz CT molecular complexity index is 281. The highest BCUT2D eigenvalue weighted by molar-refractivity contribution is 6.59. The molecule has 0 radical (unpaired) electrons. The number of halogens is 1. The molecule has 0 aliphatic carbocycles. The van der Waals surface area contributed by atoms with Crippen LogP contribution in [0.2, 0.25) is 0 Å². The summed E-state index contributed by atoms with van der Waals surface area (Å²) in [5, 5.41) is 17.4. The maximum Gasteiger partial charge on any atom is 0.497 e. The van der Waals surface area contributed by atoms with E-state index in [4.69, 9.17) is 10.0 Å². The quantitative estimate of drug-likeness (QED) is 0.438. The minimum atomic E-state index is -1.91. The van der Waals surface area contributed by atoms with E-state index < -0.39 is 13.1 Å². The minimum Gasteiger partial charge on any atom is -0.497 e. The highest BCUT2D eigenvalue weighted by Crippen LogP contribution is 2.06. The van der Waals surface area contributed by atoms with Gasteiger partial charge in [-0.3, -0.25) is 0 Å². The molecule has 0 bridgehead atoms. The van der Waals surface area contributed by atoms with Gasteiger partial charge in [0.25, 0.3) is 0 Å². The molecule has 0 saturated carbocycles. The van der Waals surface area contributed by atoms with E-state index in [2.05, 4.69) is 9.72 Å². The van der Waals surface area contributed by atoms with Gasteiger partial charge in [0.2, 0.25) is 5.95 Å². The first-order valence-corrected chi connectivity index (χ1v) is 3.21. The number of methoxy groups -OCH3 is 1. The van der Waals surface area contributed by atoms with E-state index in [1.54, 1.807) is 0 Å². The summed E-state index contributed by atoms with van der Waals surface area (Å²) in [6.45, 7) is 0. The minimum absolute atomic E-state index is 0.0671. The lowest BCUT2D eigenvalue weighted by Crippen LogP contribution is -2.34. The lowest BCUT2D eigenvalue weighted by Gasteiger charge is -2.06. The predicted molar refractivity (Wildman–Crippen MR) is 40.6 cm³/mol. The van der Waals surface area contributed by atoms with Crippen molar-refractivity contribution in [2.24, 2.45) is 0 Å². The highest BCUT2D eigenvalue weighted by atomic mass is 19.1. The van der Waals surface area contributed by atoms with E-state index in [0.29, 0.717) is 0 Å². The molecule has 0 atom stereocenters. The Morgan fingerprint density at radius 3 is 2.67 bits per heavy atom. The van der Waals surface area contributed by atoms with Gasteiger partial charge in [0.05, 0.1) is 12.6 Å². The number of ether oxygens (including phenoxy) is 1. The Labute approximate surface area is 68.8 Å². The summed E-state index contributed by atoms with van der Waals surface area (Å²) in [5.41, 5.74) is -0.347. The Kier molecular flexibility index (Phi) is 2.62. The van der Waals surface area contributed by atoms with Gasteiger partial charge in [-0.25, -0.2) is 4.98 Å². The van der Waals surface area contributed by atoms with Crippen LogP contribution in [0.3, 0.4) is 0 Å². The third-order valence-corrected chi connectivity index (χ3v) is 1.38. The first kappa shape index (κ1) is 8.96. The van der Waals surface area contributed by atoms with E-state index >= 15 is 0 Å². The maximum atomic E-state index is 12.8. The van der Waals surface area contributed by atoms with Crippen LogP contribution in [0.25, 0.3) is 0 Å². The van der Waals surface area contributed by atoms with Crippen LogP contribution >= 0.6 is 0 Å². The van der Waals surface area contributed by atoms with E-state index in [1.165, 1.54) is 19.4 Å². The number of hydrogen-bond donors (Lipinski definition) is 2. The van der Waals surface area contributed by atoms with E-state index in [9.17, 15) is 4.39 Å². The molecule has 1 aromatic rings. The van der Waals surface area contributed by atoms with E-state index in [-0.39, 0.29) is 11.2 Å². The molecular formula is C6H7BFNO3. The van der Waals surface area contributed by atoms with Gasteiger partial charge in [-0.1, -0.05) is 0 Å². The molecule has 6 heteroatoms. The molecule has 0 aliphatic rings. The van der Waals surface area contributed by atoms with Crippen molar-refractivity contribution in [1.82, 2.24) is 4.98 Å². The molecule has 1 aromatic heterocycles. The molecule has 0 spiro atoms. The monoisotopic (exact) mass is 171 g/mol. The number of rotatable bonds is 2. The van der Waals surface area contributed by atoms with Crippen LogP contribution in [0.15, 0.2) is 12.3 Å². The Morgan fingerprint density at radius 2 is 2.25 bits per heavy atom. The zero-order valence-corrected chi connectivity index (χ0v) is 6.36. The van der Waals surface area contributed by atoms with Crippen LogP contribution in [-0.4, -0.2) is 29.3 Å². The molecule has 0 aromatic carbocycles. The second kappa shape index (κ2) is 3.51. The van der Waals surface area contributed by atoms with E-state index in [0.717, 1.165) is 0 Å². The predicted octanol–water partition coefficient (Wildman–Crippen LogP) is -1.09. The lowest BCUT2D eigenvalue weighted by atomic mass is 9.80. The van der Waals surface area contributed by atoms with Gasteiger partial charge in [0, 0.05) is 6.20 Å². The van der Waals surface area contributed by atoms with Crippen molar-refractivity contribution in [3.05, 3.63) is 18.2 Å². The zero-order chi connectivity index (χ0) is 9.14. The summed E-state index contributed by atoms with van der Waals surface area (Å²) in [7, 11) is -0.602. The third-order valence-electron chi connectivity index (χ3n) is 1.38. The normalized spacial score (nSPS) is 9.67. The van der Waals surface area contributed by atoms with Gasteiger partial charge in [-0.15, -0.1) is 0 Å². The Morgan fingerprint density at radius 1 is 1.58 bits per heavy atom. The van der Waals surface area contributed by atoms with Crippen molar-refractivity contribution in [2.75, 3.05) is 7.11 Å². The number of hydrogen-bond acceptors (Lipinski definition) is 4. The number of nitrogens with zero attached hydrogens (tertiary/aromatic N) is 1. The van der Waals surface area contributed by atoms with Crippen LogP contribution < -0.4 is 10.2 Å².